The quantitative estimate of drug-likeness (QED) is 0.345. The molecule has 0 spiro atoms. The van der Waals surface area contributed by atoms with Gasteiger partial charge in [0, 0.05) is 12.5 Å². The zero-order valence-corrected chi connectivity index (χ0v) is 21.2. The van der Waals surface area contributed by atoms with Gasteiger partial charge in [0.15, 0.2) is 0 Å². The largest absolute Gasteiger partial charge is 0.456 e. The van der Waals surface area contributed by atoms with Crippen molar-refractivity contribution in [3.63, 3.8) is 0 Å². The fourth-order valence-corrected chi connectivity index (χ4v) is 5.05. The molecular weight excluding hydrogens is 460 g/mol. The molecule has 8 unspecified atom stereocenters. The minimum atomic E-state index is -1.02. The normalized spacial score (nSPS) is 38.3. The summed E-state index contributed by atoms with van der Waals surface area (Å²) in [6, 6.07) is 0. The van der Waals surface area contributed by atoms with Crippen molar-refractivity contribution in [2.75, 3.05) is 6.61 Å². The number of epoxide rings is 1. The predicted octanol–water partition coefficient (Wildman–Crippen LogP) is 3.86. The lowest BCUT2D eigenvalue weighted by Crippen LogP contribution is -2.32. The summed E-state index contributed by atoms with van der Waals surface area (Å²) in [7, 11) is 0. The molecule has 1 fully saturated rings. The van der Waals surface area contributed by atoms with Gasteiger partial charge in [-0.3, -0.25) is 0 Å². The van der Waals surface area contributed by atoms with E-state index in [9.17, 15) is 15.0 Å². The van der Waals surface area contributed by atoms with E-state index in [4.69, 9.17) is 18.9 Å². The van der Waals surface area contributed by atoms with Crippen LogP contribution >= 0.6 is 0 Å². The highest BCUT2D eigenvalue weighted by molar-refractivity contribution is 5.82. The van der Waals surface area contributed by atoms with Gasteiger partial charge in [-0.15, -0.1) is 0 Å². The summed E-state index contributed by atoms with van der Waals surface area (Å²) in [4.78, 5) is 12.6. The van der Waals surface area contributed by atoms with E-state index >= 15 is 0 Å². The molecule has 0 aliphatic carbocycles. The molecule has 1 saturated heterocycles. The number of aliphatic hydroxyl groups excluding tert-OH is 2. The summed E-state index contributed by atoms with van der Waals surface area (Å²) >= 11 is 0. The zero-order valence-electron chi connectivity index (χ0n) is 21.2. The van der Waals surface area contributed by atoms with Gasteiger partial charge < -0.3 is 29.2 Å². The van der Waals surface area contributed by atoms with Gasteiger partial charge in [-0.1, -0.05) is 54.2 Å². The van der Waals surface area contributed by atoms with Crippen LogP contribution in [0.25, 0.3) is 0 Å². The van der Waals surface area contributed by atoms with E-state index in [-0.39, 0.29) is 30.5 Å². The first-order valence-electron chi connectivity index (χ1n) is 13.2. The van der Waals surface area contributed by atoms with Crippen LogP contribution in [0.3, 0.4) is 0 Å². The molecule has 7 nitrogen and oxygen atoms in total. The summed E-state index contributed by atoms with van der Waals surface area (Å²) < 4.78 is 23.2. The van der Waals surface area contributed by atoms with E-state index in [0.29, 0.717) is 25.9 Å². The molecule has 0 saturated carbocycles. The van der Waals surface area contributed by atoms with E-state index in [1.807, 2.05) is 12.2 Å². The van der Waals surface area contributed by atoms with Gasteiger partial charge in [0.2, 0.25) is 0 Å². The Hall–Kier alpha value is -2.03. The number of carbonyl (C=O) groups is 1. The van der Waals surface area contributed by atoms with Crippen LogP contribution in [0.5, 0.6) is 0 Å². The van der Waals surface area contributed by atoms with Gasteiger partial charge in [-0.25, -0.2) is 4.79 Å². The number of hydrogen-bond acceptors (Lipinski definition) is 7. The first-order valence-corrected chi connectivity index (χ1v) is 13.2. The summed E-state index contributed by atoms with van der Waals surface area (Å²) in [5.41, 5.74) is 2.23. The Kier molecular flexibility index (Phi) is 9.73. The van der Waals surface area contributed by atoms with E-state index in [2.05, 4.69) is 25.7 Å². The smallest absolute Gasteiger partial charge is 0.330 e. The maximum atomic E-state index is 12.6. The van der Waals surface area contributed by atoms with Crippen molar-refractivity contribution in [3.8, 4) is 0 Å². The predicted molar refractivity (Wildman–Crippen MR) is 136 cm³/mol. The highest BCUT2D eigenvalue weighted by atomic mass is 16.6. The number of rotatable bonds is 3. The van der Waals surface area contributed by atoms with Crippen LogP contribution in [0.15, 0.2) is 60.3 Å². The van der Waals surface area contributed by atoms with Crippen molar-refractivity contribution < 1.29 is 34.0 Å². The van der Waals surface area contributed by atoms with Crippen LogP contribution in [-0.4, -0.2) is 71.6 Å². The molecule has 2 bridgehead atoms. The average molecular weight is 501 g/mol. The third-order valence-corrected chi connectivity index (χ3v) is 7.19. The van der Waals surface area contributed by atoms with E-state index in [1.54, 1.807) is 12.2 Å². The molecule has 0 aromatic rings. The Morgan fingerprint density at radius 1 is 1.19 bits per heavy atom. The molecule has 36 heavy (non-hydrogen) atoms. The second kappa shape index (κ2) is 13.0. The van der Waals surface area contributed by atoms with E-state index in [1.165, 1.54) is 11.6 Å². The van der Waals surface area contributed by atoms with Crippen LogP contribution < -0.4 is 0 Å². The molecule has 8 atom stereocenters. The number of cyclic esters (lactones) is 1. The highest BCUT2D eigenvalue weighted by Gasteiger charge is 2.46. The average Bonchev–Trinajstić information content (AvgIpc) is 3.61. The Morgan fingerprint density at radius 2 is 2.03 bits per heavy atom. The van der Waals surface area contributed by atoms with Crippen molar-refractivity contribution >= 4 is 5.97 Å². The van der Waals surface area contributed by atoms with Crippen LogP contribution in [0.1, 0.15) is 58.3 Å². The third-order valence-electron chi connectivity index (χ3n) is 7.19. The molecule has 4 aliphatic heterocycles. The van der Waals surface area contributed by atoms with Gasteiger partial charge >= 0.3 is 5.97 Å². The van der Waals surface area contributed by atoms with Crippen molar-refractivity contribution in [2.24, 2.45) is 0 Å². The second-order valence-electron chi connectivity index (χ2n) is 10.4. The van der Waals surface area contributed by atoms with Gasteiger partial charge in [0.1, 0.15) is 18.3 Å². The van der Waals surface area contributed by atoms with Gasteiger partial charge in [-0.2, -0.15) is 0 Å². The van der Waals surface area contributed by atoms with Crippen LogP contribution in [0.2, 0.25) is 0 Å². The summed E-state index contributed by atoms with van der Waals surface area (Å²) in [5, 5.41) is 21.5. The fraction of sp³-hybridized carbons (Fsp3) is 0.621. The minimum Gasteiger partial charge on any atom is -0.456 e. The lowest BCUT2D eigenvalue weighted by Gasteiger charge is -2.25. The molecule has 0 aromatic carbocycles. The molecule has 0 radical (unpaired) electrons. The van der Waals surface area contributed by atoms with Crippen LogP contribution in [0, 0.1) is 0 Å². The highest BCUT2D eigenvalue weighted by Crippen LogP contribution is 2.34. The van der Waals surface area contributed by atoms with Crippen molar-refractivity contribution in [1.29, 1.82) is 0 Å². The van der Waals surface area contributed by atoms with Gasteiger partial charge in [0.25, 0.3) is 0 Å². The van der Waals surface area contributed by atoms with Crippen molar-refractivity contribution in [2.45, 2.75) is 107 Å². The third kappa shape index (κ3) is 8.25. The maximum Gasteiger partial charge on any atom is 0.330 e. The van der Waals surface area contributed by atoms with E-state index < -0.39 is 24.3 Å². The maximum absolute atomic E-state index is 12.6. The molecule has 4 aliphatic rings. The first kappa shape index (κ1) is 27.0. The number of fused-ring (bicyclic) bond motifs is 3. The molecule has 0 amide bonds. The zero-order chi connectivity index (χ0) is 25.5. The van der Waals surface area contributed by atoms with Crippen molar-refractivity contribution in [3.05, 3.63) is 60.3 Å². The number of ether oxygens (including phenoxy) is 4. The Bertz CT molecular complexity index is 888. The Labute approximate surface area is 214 Å². The molecule has 0 aromatic heterocycles. The molecule has 2 N–H and O–H groups in total. The van der Waals surface area contributed by atoms with Gasteiger partial charge in [0.05, 0.1) is 37.1 Å². The standard InChI is InChI=1S/C29H40O7/c1-19-6-3-7-21-8-4-9-22(34-21)10-5-11-28(32)35-26(18-27-29(36-27)25(31)17-19)24(30)13-12-23-16-20(2)14-15-33-23/h4-5,8,11-14,21-27,29-31H,1,3,6-7,9-10,15-18H2,2H3/b11-5-,13-12+. The number of aliphatic hydroxyl groups is 2. The number of esters is 1. The van der Waals surface area contributed by atoms with Crippen LogP contribution in [0.4, 0.5) is 0 Å². The Morgan fingerprint density at radius 3 is 2.86 bits per heavy atom. The summed E-state index contributed by atoms with van der Waals surface area (Å²) in [6.07, 6.45) is 15.3. The van der Waals surface area contributed by atoms with Crippen molar-refractivity contribution in [1.82, 2.24) is 0 Å². The fourth-order valence-electron chi connectivity index (χ4n) is 5.05. The molecule has 7 heteroatoms. The molecular formula is C29H40O7. The first-order chi connectivity index (χ1) is 17.4. The summed E-state index contributed by atoms with van der Waals surface area (Å²) in [5.74, 6) is -0.518. The lowest BCUT2D eigenvalue weighted by molar-refractivity contribution is -0.148. The monoisotopic (exact) mass is 500 g/mol. The lowest BCUT2D eigenvalue weighted by atomic mass is 9.97. The molecule has 4 heterocycles. The number of hydrogen-bond donors (Lipinski definition) is 2. The molecule has 4 rings (SSSR count). The SMILES string of the molecule is C=C1CCCC2C=CCC(C/C=C\C(=O)OC(C(O)/C=C/C3CC(C)=CCO3)CC3OC3C(O)C1)O2. The number of carbonyl (C=O) groups excluding carboxylic acids is 1. The van der Waals surface area contributed by atoms with Crippen LogP contribution in [-0.2, 0) is 23.7 Å². The molecule has 198 valence electrons. The minimum absolute atomic E-state index is 0.0194. The second-order valence-corrected chi connectivity index (χ2v) is 10.4. The van der Waals surface area contributed by atoms with E-state index in [0.717, 1.165) is 37.7 Å². The Balaban J connectivity index is 1.42. The summed E-state index contributed by atoms with van der Waals surface area (Å²) in [6.45, 7) is 6.74. The van der Waals surface area contributed by atoms with Gasteiger partial charge in [-0.05, 0) is 51.9 Å². The topological polar surface area (TPSA) is 97.8 Å².